The number of alkyl halides is 3. The zero-order valence-electron chi connectivity index (χ0n) is 6.61. The van der Waals surface area contributed by atoms with Crippen LogP contribution >= 0.6 is 27.5 Å². The Balaban J connectivity index is 2.73. The summed E-state index contributed by atoms with van der Waals surface area (Å²) in [7, 11) is 0. The lowest BCUT2D eigenvalue weighted by atomic mass is 10.5. The summed E-state index contributed by atoms with van der Waals surface area (Å²) in [6.07, 6.45) is -3.10. The van der Waals surface area contributed by atoms with Gasteiger partial charge in [-0.15, -0.1) is 0 Å². The Bertz CT molecular complexity index is 331. The zero-order valence-corrected chi connectivity index (χ0v) is 8.95. The van der Waals surface area contributed by atoms with Crippen molar-refractivity contribution in [2.75, 3.05) is 6.61 Å². The number of nitrogens with zero attached hydrogens (tertiary/aromatic N) is 1. The number of pyridine rings is 1. The van der Waals surface area contributed by atoms with Crippen LogP contribution in [0, 0.1) is 0 Å². The smallest absolute Gasteiger partial charge is 0.422 e. The highest BCUT2D eigenvalue weighted by Crippen LogP contribution is 2.30. The van der Waals surface area contributed by atoms with Crippen molar-refractivity contribution in [3.63, 3.8) is 0 Å². The SMILES string of the molecule is FC(F)(F)COc1nccc(Br)c1Cl. The molecule has 0 saturated carbocycles. The first-order chi connectivity index (χ1) is 6.40. The van der Waals surface area contributed by atoms with Crippen molar-refractivity contribution in [2.24, 2.45) is 0 Å². The standard InChI is InChI=1S/C7H4BrClF3NO/c8-4-1-2-13-6(5(4)9)14-3-7(10,11)12/h1-2H,3H2. The van der Waals surface area contributed by atoms with Crippen LogP contribution in [-0.2, 0) is 0 Å². The van der Waals surface area contributed by atoms with E-state index < -0.39 is 12.8 Å². The summed E-state index contributed by atoms with van der Waals surface area (Å²) in [6.45, 7) is -1.41. The second kappa shape index (κ2) is 4.35. The molecular formula is C7H4BrClF3NO. The third-order valence-electron chi connectivity index (χ3n) is 1.18. The summed E-state index contributed by atoms with van der Waals surface area (Å²) < 4.78 is 40.1. The molecule has 1 heterocycles. The van der Waals surface area contributed by atoms with E-state index in [1.807, 2.05) is 0 Å². The predicted molar refractivity (Wildman–Crippen MR) is 48.5 cm³/mol. The fraction of sp³-hybridized carbons (Fsp3) is 0.286. The first-order valence-corrected chi connectivity index (χ1v) is 4.57. The van der Waals surface area contributed by atoms with E-state index in [2.05, 4.69) is 25.7 Å². The molecule has 1 aromatic rings. The summed E-state index contributed by atoms with van der Waals surface area (Å²) in [5.74, 6) is -0.238. The Morgan fingerprint density at radius 2 is 2.14 bits per heavy atom. The zero-order chi connectivity index (χ0) is 10.8. The van der Waals surface area contributed by atoms with E-state index in [0.717, 1.165) is 0 Å². The van der Waals surface area contributed by atoms with Gasteiger partial charge in [0.25, 0.3) is 0 Å². The van der Waals surface area contributed by atoms with Gasteiger partial charge in [-0.3, -0.25) is 0 Å². The Kier molecular flexibility index (Phi) is 3.60. The van der Waals surface area contributed by atoms with E-state index in [1.54, 1.807) is 0 Å². The van der Waals surface area contributed by atoms with Gasteiger partial charge in [-0.05, 0) is 22.0 Å². The highest BCUT2D eigenvalue weighted by atomic mass is 79.9. The van der Waals surface area contributed by atoms with E-state index in [1.165, 1.54) is 12.3 Å². The Morgan fingerprint density at radius 1 is 1.50 bits per heavy atom. The average molecular weight is 290 g/mol. The molecular weight excluding hydrogens is 286 g/mol. The lowest BCUT2D eigenvalue weighted by Gasteiger charge is -2.09. The van der Waals surface area contributed by atoms with Crippen LogP contribution in [0.2, 0.25) is 5.02 Å². The normalized spacial score (nSPS) is 11.5. The van der Waals surface area contributed by atoms with Crippen molar-refractivity contribution in [2.45, 2.75) is 6.18 Å². The summed E-state index contributed by atoms with van der Waals surface area (Å²) >= 11 is 8.65. The first kappa shape index (κ1) is 11.6. The summed E-state index contributed by atoms with van der Waals surface area (Å²) in [6, 6.07) is 1.50. The van der Waals surface area contributed by atoms with Crippen LogP contribution in [0.25, 0.3) is 0 Å². The highest BCUT2D eigenvalue weighted by molar-refractivity contribution is 9.10. The van der Waals surface area contributed by atoms with Gasteiger partial charge in [0.1, 0.15) is 5.02 Å². The fourth-order valence-corrected chi connectivity index (χ4v) is 1.11. The average Bonchev–Trinajstić information content (AvgIpc) is 2.06. The summed E-state index contributed by atoms with van der Waals surface area (Å²) in [5, 5.41) is 0.0248. The number of rotatable bonds is 2. The number of hydrogen-bond acceptors (Lipinski definition) is 2. The highest BCUT2D eigenvalue weighted by Gasteiger charge is 2.29. The van der Waals surface area contributed by atoms with E-state index in [9.17, 15) is 13.2 Å². The van der Waals surface area contributed by atoms with Gasteiger partial charge in [-0.25, -0.2) is 4.98 Å². The topological polar surface area (TPSA) is 22.1 Å². The third kappa shape index (κ3) is 3.34. The predicted octanol–water partition coefficient (Wildman–Crippen LogP) is 3.44. The Hall–Kier alpha value is -0.490. The molecule has 78 valence electrons. The fourth-order valence-electron chi connectivity index (χ4n) is 0.653. The number of aromatic nitrogens is 1. The van der Waals surface area contributed by atoms with Gasteiger partial charge in [-0.2, -0.15) is 13.2 Å². The Labute approximate surface area is 91.2 Å². The van der Waals surface area contributed by atoms with Crippen LogP contribution in [0.3, 0.4) is 0 Å². The third-order valence-corrected chi connectivity index (χ3v) is 2.44. The minimum Gasteiger partial charge on any atom is -0.467 e. The minimum atomic E-state index is -4.40. The molecule has 0 bridgehead atoms. The van der Waals surface area contributed by atoms with Crippen molar-refractivity contribution in [3.8, 4) is 5.88 Å². The quantitative estimate of drug-likeness (QED) is 0.832. The molecule has 7 heteroatoms. The van der Waals surface area contributed by atoms with Crippen molar-refractivity contribution in [1.82, 2.24) is 4.98 Å². The van der Waals surface area contributed by atoms with Gasteiger partial charge >= 0.3 is 6.18 Å². The number of halogens is 5. The second-order valence-corrected chi connectivity index (χ2v) is 3.55. The number of ether oxygens (including phenoxy) is 1. The maximum absolute atomic E-state index is 11.8. The Morgan fingerprint density at radius 3 is 2.71 bits per heavy atom. The second-order valence-electron chi connectivity index (χ2n) is 2.32. The maximum atomic E-state index is 11.8. The van der Waals surface area contributed by atoms with E-state index in [-0.39, 0.29) is 10.9 Å². The van der Waals surface area contributed by atoms with E-state index in [4.69, 9.17) is 11.6 Å². The molecule has 14 heavy (non-hydrogen) atoms. The van der Waals surface area contributed by atoms with Gasteiger partial charge in [0.2, 0.25) is 5.88 Å². The van der Waals surface area contributed by atoms with Crippen LogP contribution < -0.4 is 4.74 Å². The molecule has 0 spiro atoms. The molecule has 0 saturated heterocycles. The minimum absolute atomic E-state index is 0.0248. The molecule has 0 radical (unpaired) electrons. The lowest BCUT2D eigenvalue weighted by molar-refractivity contribution is -0.154. The van der Waals surface area contributed by atoms with Crippen molar-refractivity contribution in [3.05, 3.63) is 21.8 Å². The van der Waals surface area contributed by atoms with E-state index in [0.29, 0.717) is 4.47 Å². The molecule has 0 aliphatic carbocycles. The molecule has 1 aromatic heterocycles. The molecule has 0 aromatic carbocycles. The summed E-state index contributed by atoms with van der Waals surface area (Å²) in [4.78, 5) is 3.56. The monoisotopic (exact) mass is 289 g/mol. The molecule has 0 aliphatic rings. The van der Waals surface area contributed by atoms with Crippen molar-refractivity contribution < 1.29 is 17.9 Å². The first-order valence-electron chi connectivity index (χ1n) is 3.40. The van der Waals surface area contributed by atoms with Crippen LogP contribution in [0.1, 0.15) is 0 Å². The van der Waals surface area contributed by atoms with Gasteiger partial charge in [0.15, 0.2) is 6.61 Å². The van der Waals surface area contributed by atoms with Gasteiger partial charge in [0.05, 0.1) is 0 Å². The molecule has 2 nitrogen and oxygen atoms in total. The molecule has 0 atom stereocenters. The van der Waals surface area contributed by atoms with Crippen LogP contribution in [0.15, 0.2) is 16.7 Å². The summed E-state index contributed by atoms with van der Waals surface area (Å²) in [5.41, 5.74) is 0. The van der Waals surface area contributed by atoms with Gasteiger partial charge in [0, 0.05) is 10.7 Å². The van der Waals surface area contributed by atoms with Crippen LogP contribution in [0.5, 0.6) is 5.88 Å². The van der Waals surface area contributed by atoms with E-state index >= 15 is 0 Å². The number of hydrogen-bond donors (Lipinski definition) is 0. The van der Waals surface area contributed by atoms with Crippen LogP contribution in [0.4, 0.5) is 13.2 Å². The maximum Gasteiger partial charge on any atom is 0.422 e. The largest absolute Gasteiger partial charge is 0.467 e. The van der Waals surface area contributed by atoms with Gasteiger partial charge in [-0.1, -0.05) is 11.6 Å². The van der Waals surface area contributed by atoms with Gasteiger partial charge < -0.3 is 4.74 Å². The molecule has 0 fully saturated rings. The van der Waals surface area contributed by atoms with Crippen molar-refractivity contribution in [1.29, 1.82) is 0 Å². The molecule has 0 amide bonds. The lowest BCUT2D eigenvalue weighted by Crippen LogP contribution is -2.19. The molecule has 1 rings (SSSR count). The van der Waals surface area contributed by atoms with Crippen molar-refractivity contribution >= 4 is 27.5 Å². The van der Waals surface area contributed by atoms with Crippen LogP contribution in [-0.4, -0.2) is 17.8 Å². The molecule has 0 aliphatic heterocycles. The molecule has 0 unspecified atom stereocenters. The molecule has 0 N–H and O–H groups in total.